The Hall–Kier alpha value is -5.91. The lowest BCUT2D eigenvalue weighted by molar-refractivity contribution is 0.0391. The summed E-state index contributed by atoms with van der Waals surface area (Å²) in [5.74, 6) is 0.355. The van der Waals surface area contributed by atoms with Gasteiger partial charge in [-0.1, -0.05) is 42.5 Å². The molecule has 3 aliphatic heterocycles. The average Bonchev–Trinajstić information content (AvgIpc) is 3.53. The van der Waals surface area contributed by atoms with Gasteiger partial charge in [-0.25, -0.2) is 4.79 Å². The molecular weight excluding hydrogens is 719 g/mol. The van der Waals surface area contributed by atoms with E-state index in [0.29, 0.717) is 74.9 Å². The van der Waals surface area contributed by atoms with Crippen molar-refractivity contribution in [3.05, 3.63) is 136 Å². The smallest absolute Gasteiger partial charge is 0.415 e. The monoisotopic (exact) mass is 767 g/mol. The van der Waals surface area contributed by atoms with Gasteiger partial charge < -0.3 is 33.8 Å². The average molecular weight is 768 g/mol. The number of ether oxygens (including phenoxy) is 2. The van der Waals surface area contributed by atoms with Gasteiger partial charge in [0.15, 0.2) is 0 Å². The second-order valence-corrected chi connectivity index (χ2v) is 15.3. The van der Waals surface area contributed by atoms with Crippen molar-refractivity contribution in [1.82, 2.24) is 19.3 Å². The van der Waals surface area contributed by atoms with Gasteiger partial charge in [-0.05, 0) is 104 Å². The number of carbonyl (C=O) groups is 3. The van der Waals surface area contributed by atoms with Gasteiger partial charge in [0.1, 0.15) is 11.5 Å². The predicted molar refractivity (Wildman–Crippen MR) is 219 cm³/mol. The van der Waals surface area contributed by atoms with Crippen LogP contribution in [0.15, 0.2) is 97.1 Å². The van der Waals surface area contributed by atoms with Gasteiger partial charge in [0.25, 0.3) is 11.8 Å². The van der Waals surface area contributed by atoms with Crippen LogP contribution in [-0.4, -0.2) is 94.3 Å². The fraction of sp³-hybridized carbons (Fsp3) is 0.326. The van der Waals surface area contributed by atoms with Crippen LogP contribution in [0, 0.1) is 6.92 Å². The molecule has 11 nitrogen and oxygen atoms in total. The molecule has 1 fully saturated rings. The summed E-state index contributed by atoms with van der Waals surface area (Å²) in [6.45, 7) is 9.33. The van der Waals surface area contributed by atoms with E-state index in [1.165, 1.54) is 5.56 Å². The summed E-state index contributed by atoms with van der Waals surface area (Å²) in [5, 5.41) is 10.1. The molecular formula is C46H49N5O6. The van der Waals surface area contributed by atoms with Crippen LogP contribution in [0.5, 0.6) is 11.5 Å². The third kappa shape index (κ3) is 7.90. The van der Waals surface area contributed by atoms with Crippen LogP contribution in [0.2, 0.25) is 0 Å². The number of para-hydroxylation sites is 1. The van der Waals surface area contributed by atoms with Crippen molar-refractivity contribution in [2.75, 3.05) is 50.8 Å². The van der Waals surface area contributed by atoms with Crippen LogP contribution in [0.1, 0.15) is 55.6 Å². The van der Waals surface area contributed by atoms with Crippen LogP contribution in [0.4, 0.5) is 10.5 Å². The fourth-order valence-electron chi connectivity index (χ4n) is 8.28. The van der Waals surface area contributed by atoms with Crippen LogP contribution in [0.25, 0.3) is 11.3 Å². The molecule has 0 aliphatic carbocycles. The minimum atomic E-state index is -0.432. The quantitative estimate of drug-likeness (QED) is 0.185. The number of benzene rings is 4. The predicted octanol–water partition coefficient (Wildman–Crippen LogP) is 6.83. The maximum Gasteiger partial charge on any atom is 0.415 e. The van der Waals surface area contributed by atoms with E-state index in [2.05, 4.69) is 30.0 Å². The highest BCUT2D eigenvalue weighted by Gasteiger charge is 2.33. The first-order chi connectivity index (χ1) is 27.6. The number of fused-ring (bicyclic) bond motifs is 2. The summed E-state index contributed by atoms with van der Waals surface area (Å²) in [6.07, 6.45) is 0.901. The Morgan fingerprint density at radius 2 is 1.54 bits per heavy atom. The van der Waals surface area contributed by atoms with Crippen molar-refractivity contribution in [3.63, 3.8) is 0 Å². The zero-order chi connectivity index (χ0) is 39.6. The van der Waals surface area contributed by atoms with Crippen LogP contribution in [0.3, 0.4) is 0 Å². The first-order valence-corrected chi connectivity index (χ1v) is 19.8. The van der Waals surface area contributed by atoms with Gasteiger partial charge in [-0.15, -0.1) is 0 Å². The second-order valence-electron chi connectivity index (χ2n) is 15.3. The fourth-order valence-corrected chi connectivity index (χ4v) is 8.28. The molecule has 4 heterocycles. The topological polar surface area (TPSA) is 108 Å². The van der Waals surface area contributed by atoms with Crippen LogP contribution < -0.4 is 9.64 Å². The summed E-state index contributed by atoms with van der Waals surface area (Å²) in [7, 11) is 1.94. The maximum absolute atomic E-state index is 15.0. The summed E-state index contributed by atoms with van der Waals surface area (Å²) >= 11 is 0. The van der Waals surface area contributed by atoms with E-state index in [9.17, 15) is 19.5 Å². The van der Waals surface area contributed by atoms with Gasteiger partial charge >= 0.3 is 6.09 Å². The number of carbonyl (C=O) groups excluding carboxylic acids is 3. The van der Waals surface area contributed by atoms with Gasteiger partial charge in [-0.2, -0.15) is 0 Å². The Kier molecular flexibility index (Phi) is 10.9. The van der Waals surface area contributed by atoms with E-state index < -0.39 is 6.09 Å². The summed E-state index contributed by atoms with van der Waals surface area (Å²) in [6, 6.07) is 30.0. The Morgan fingerprint density at radius 1 is 0.825 bits per heavy atom. The lowest BCUT2D eigenvalue weighted by Gasteiger charge is -2.36. The number of aromatic nitrogens is 1. The van der Waals surface area contributed by atoms with Gasteiger partial charge in [0.05, 0.1) is 18.8 Å². The van der Waals surface area contributed by atoms with Crippen molar-refractivity contribution in [2.45, 2.75) is 45.8 Å². The first-order valence-electron chi connectivity index (χ1n) is 19.8. The highest BCUT2D eigenvalue weighted by Crippen LogP contribution is 2.36. The Balaban J connectivity index is 1.16. The first kappa shape index (κ1) is 38.0. The van der Waals surface area contributed by atoms with Crippen molar-refractivity contribution in [2.24, 2.45) is 7.05 Å². The molecule has 3 aliphatic rings. The molecule has 5 aromatic rings. The highest BCUT2D eigenvalue weighted by molar-refractivity contribution is 6.08. The van der Waals surface area contributed by atoms with E-state index >= 15 is 0 Å². The van der Waals surface area contributed by atoms with Crippen molar-refractivity contribution >= 4 is 23.6 Å². The number of aromatic hydroxyl groups is 1. The van der Waals surface area contributed by atoms with Crippen LogP contribution >= 0.6 is 0 Å². The number of morpholine rings is 1. The minimum Gasteiger partial charge on any atom is -0.508 e. The molecule has 0 saturated carbocycles. The number of rotatable bonds is 8. The summed E-state index contributed by atoms with van der Waals surface area (Å²) < 4.78 is 13.3. The Labute approximate surface area is 333 Å². The van der Waals surface area contributed by atoms with E-state index in [1.807, 2.05) is 65.9 Å². The second kappa shape index (κ2) is 16.3. The third-order valence-electron chi connectivity index (χ3n) is 11.7. The van der Waals surface area contributed by atoms with Gasteiger partial charge in [0.2, 0.25) is 0 Å². The molecule has 0 unspecified atom stereocenters. The molecule has 294 valence electrons. The standard InChI is InChI=1S/C46H49N5O6/c1-31-25-33-9-7-8-10-35(33)30-51(31)45(54)42-27-36-29-49(46(55)57-39-11-5-4-6-12-39)18-17-34(36)26-41(42)43-28-40(32(2)47(43)3)44(53)50(37-13-15-38(52)16-14-37)20-19-48-21-23-56-24-22-48/h4-16,26-28,31,52H,17-25,29-30H2,1-3H3/t31-/m1/s1. The number of hydrogen-bond donors (Lipinski definition) is 1. The zero-order valence-corrected chi connectivity index (χ0v) is 32.8. The maximum atomic E-state index is 15.0. The lowest BCUT2D eigenvalue weighted by atomic mass is 9.90. The number of phenols is 1. The Bertz CT molecular complexity index is 2280. The molecule has 1 aromatic heterocycles. The summed E-state index contributed by atoms with van der Waals surface area (Å²) in [5.41, 5.74) is 8.36. The van der Waals surface area contributed by atoms with Crippen molar-refractivity contribution in [1.29, 1.82) is 0 Å². The van der Waals surface area contributed by atoms with E-state index in [0.717, 1.165) is 53.2 Å². The highest BCUT2D eigenvalue weighted by atomic mass is 16.6. The molecule has 1 saturated heterocycles. The van der Waals surface area contributed by atoms with E-state index in [-0.39, 0.29) is 23.6 Å². The Morgan fingerprint density at radius 3 is 2.30 bits per heavy atom. The summed E-state index contributed by atoms with van der Waals surface area (Å²) in [4.78, 5) is 50.7. The number of nitrogens with zero attached hydrogens (tertiary/aromatic N) is 5. The third-order valence-corrected chi connectivity index (χ3v) is 11.7. The van der Waals surface area contributed by atoms with E-state index in [4.69, 9.17) is 9.47 Å². The van der Waals surface area contributed by atoms with Gasteiger partial charge in [0, 0.05) is 87.1 Å². The largest absolute Gasteiger partial charge is 0.508 e. The SMILES string of the molecule is Cc1c(C(=O)N(CCN2CCOCC2)c2ccc(O)cc2)cc(-c2cc3c(cc2C(=O)N2Cc4ccccc4C[C@H]2C)CN(C(=O)Oc2ccccc2)CC3)n1C. The zero-order valence-electron chi connectivity index (χ0n) is 32.8. The lowest BCUT2D eigenvalue weighted by Crippen LogP contribution is -2.43. The molecule has 0 spiro atoms. The molecule has 1 atom stereocenters. The number of amides is 3. The molecule has 0 bridgehead atoms. The molecule has 11 heteroatoms. The molecule has 8 rings (SSSR count). The molecule has 57 heavy (non-hydrogen) atoms. The number of phenolic OH excluding ortho intramolecular Hbond substituents is 1. The molecule has 1 N–H and O–H groups in total. The number of hydrogen-bond acceptors (Lipinski definition) is 7. The van der Waals surface area contributed by atoms with Crippen LogP contribution in [-0.2, 0) is 37.7 Å². The molecule has 0 radical (unpaired) electrons. The minimum absolute atomic E-state index is 0.0359. The molecule has 4 aromatic carbocycles. The van der Waals surface area contributed by atoms with E-state index in [1.54, 1.807) is 46.2 Å². The normalized spacial score (nSPS) is 16.8. The van der Waals surface area contributed by atoms with Crippen molar-refractivity contribution < 1.29 is 29.0 Å². The van der Waals surface area contributed by atoms with Gasteiger partial charge in [-0.3, -0.25) is 14.5 Å². The number of anilines is 1. The van der Waals surface area contributed by atoms with Crippen molar-refractivity contribution in [3.8, 4) is 22.8 Å². The molecule has 3 amide bonds.